The minimum atomic E-state index is 0.713. The van der Waals surface area contributed by atoms with Crippen LogP contribution in [0.15, 0.2) is 24.3 Å². The monoisotopic (exact) mass is 306 g/mol. The van der Waals surface area contributed by atoms with Gasteiger partial charge in [-0.05, 0) is 88.3 Å². The van der Waals surface area contributed by atoms with Crippen LogP contribution in [0.25, 0.3) is 0 Å². The number of halogens is 1. The van der Waals surface area contributed by atoms with E-state index in [0.29, 0.717) is 5.92 Å². The fourth-order valence-electron chi connectivity index (χ4n) is 3.66. The predicted molar refractivity (Wildman–Crippen MR) is 90.1 cm³/mol. The third-order valence-electron chi connectivity index (χ3n) is 5.28. The van der Waals surface area contributed by atoms with Gasteiger partial charge in [0.1, 0.15) is 0 Å². The first kappa shape index (κ1) is 15.3. The number of piperidine rings is 1. The molecule has 1 aromatic carbocycles. The van der Waals surface area contributed by atoms with Gasteiger partial charge in [0.15, 0.2) is 0 Å². The number of hydrogen-bond donors (Lipinski definition) is 1. The topological polar surface area (TPSA) is 15.3 Å². The van der Waals surface area contributed by atoms with Gasteiger partial charge in [-0.1, -0.05) is 23.7 Å². The molecule has 1 aliphatic carbocycles. The molecule has 1 heterocycles. The third-order valence-corrected chi connectivity index (χ3v) is 5.52. The molecule has 116 valence electrons. The summed E-state index contributed by atoms with van der Waals surface area (Å²) in [7, 11) is 2.23. The van der Waals surface area contributed by atoms with Crippen LogP contribution in [0.2, 0.25) is 5.02 Å². The Morgan fingerprint density at radius 3 is 2.71 bits per heavy atom. The van der Waals surface area contributed by atoms with E-state index in [9.17, 15) is 0 Å². The summed E-state index contributed by atoms with van der Waals surface area (Å²) in [6.45, 7) is 3.76. The zero-order chi connectivity index (χ0) is 14.7. The molecule has 0 unspecified atom stereocenters. The lowest BCUT2D eigenvalue weighted by Crippen LogP contribution is -2.41. The second kappa shape index (κ2) is 7.13. The fourth-order valence-corrected chi connectivity index (χ4v) is 3.86. The van der Waals surface area contributed by atoms with Crippen LogP contribution >= 0.6 is 11.6 Å². The van der Waals surface area contributed by atoms with Gasteiger partial charge < -0.3 is 10.2 Å². The summed E-state index contributed by atoms with van der Waals surface area (Å²) in [5, 5.41) is 4.61. The van der Waals surface area contributed by atoms with Crippen molar-refractivity contribution >= 4 is 11.6 Å². The van der Waals surface area contributed by atoms with Gasteiger partial charge in [-0.3, -0.25) is 0 Å². The van der Waals surface area contributed by atoms with Crippen molar-refractivity contribution in [3.05, 3.63) is 34.9 Å². The molecule has 0 spiro atoms. The average molecular weight is 307 g/mol. The number of rotatable bonds is 5. The van der Waals surface area contributed by atoms with Crippen molar-refractivity contribution in [2.75, 3.05) is 26.7 Å². The molecule has 3 heteroatoms. The zero-order valence-corrected chi connectivity index (χ0v) is 13.8. The summed E-state index contributed by atoms with van der Waals surface area (Å²) < 4.78 is 0. The average Bonchev–Trinajstić information content (AvgIpc) is 2.43. The molecule has 2 nitrogen and oxygen atoms in total. The van der Waals surface area contributed by atoms with Crippen molar-refractivity contribution in [1.29, 1.82) is 0 Å². The Labute approximate surface area is 133 Å². The largest absolute Gasteiger partial charge is 0.314 e. The second-order valence-electron chi connectivity index (χ2n) is 6.91. The standard InChI is InChI=1S/C18H27ClN2/c1-21-9-6-14(7-10-21)5-8-20-18-12-16(13-18)15-3-2-4-17(19)11-15/h2-4,11,14,16,18,20H,5-10,12-13H2,1H3. The van der Waals surface area contributed by atoms with Crippen LogP contribution in [0.1, 0.15) is 43.6 Å². The summed E-state index contributed by atoms with van der Waals surface area (Å²) >= 11 is 6.07. The molecule has 1 N–H and O–H groups in total. The highest BCUT2D eigenvalue weighted by molar-refractivity contribution is 6.30. The van der Waals surface area contributed by atoms with Crippen LogP contribution in [0.5, 0.6) is 0 Å². The number of nitrogens with one attached hydrogen (secondary N) is 1. The summed E-state index contributed by atoms with van der Waals surface area (Å²) in [4.78, 5) is 2.45. The smallest absolute Gasteiger partial charge is 0.0408 e. The quantitative estimate of drug-likeness (QED) is 0.887. The van der Waals surface area contributed by atoms with Gasteiger partial charge in [-0.25, -0.2) is 0 Å². The molecule has 3 rings (SSSR count). The van der Waals surface area contributed by atoms with E-state index in [1.165, 1.54) is 57.3 Å². The highest BCUT2D eigenvalue weighted by Gasteiger charge is 2.30. The molecule has 0 bridgehead atoms. The van der Waals surface area contributed by atoms with Crippen molar-refractivity contribution in [3.63, 3.8) is 0 Å². The molecule has 1 saturated carbocycles. The van der Waals surface area contributed by atoms with Crippen LogP contribution in [0.3, 0.4) is 0 Å². The van der Waals surface area contributed by atoms with Gasteiger partial charge in [0.05, 0.1) is 0 Å². The van der Waals surface area contributed by atoms with E-state index in [2.05, 4.69) is 35.5 Å². The summed E-state index contributed by atoms with van der Waals surface area (Å²) in [5.74, 6) is 1.65. The second-order valence-corrected chi connectivity index (χ2v) is 7.35. The van der Waals surface area contributed by atoms with Gasteiger partial charge in [-0.15, -0.1) is 0 Å². The summed E-state index contributed by atoms with van der Waals surface area (Å²) in [5.41, 5.74) is 1.41. The van der Waals surface area contributed by atoms with Gasteiger partial charge >= 0.3 is 0 Å². The molecule has 0 aromatic heterocycles. The van der Waals surface area contributed by atoms with Crippen molar-refractivity contribution in [1.82, 2.24) is 10.2 Å². The summed E-state index contributed by atoms with van der Waals surface area (Å²) in [6.07, 6.45) is 6.66. The fraction of sp³-hybridized carbons (Fsp3) is 0.667. The minimum absolute atomic E-state index is 0.713. The molecular weight excluding hydrogens is 280 g/mol. The predicted octanol–water partition coefficient (Wildman–Crippen LogP) is 3.91. The lowest BCUT2D eigenvalue weighted by atomic mass is 9.76. The first-order chi connectivity index (χ1) is 10.2. The van der Waals surface area contributed by atoms with Crippen molar-refractivity contribution in [2.45, 2.75) is 44.1 Å². The Bertz CT molecular complexity index is 448. The lowest BCUT2D eigenvalue weighted by molar-refractivity contribution is 0.205. The first-order valence-electron chi connectivity index (χ1n) is 8.38. The van der Waals surface area contributed by atoms with E-state index in [1.807, 2.05) is 6.07 Å². The Kier molecular flexibility index (Phi) is 5.20. The van der Waals surface area contributed by atoms with E-state index in [0.717, 1.165) is 17.0 Å². The molecule has 21 heavy (non-hydrogen) atoms. The van der Waals surface area contributed by atoms with Crippen LogP contribution in [-0.2, 0) is 0 Å². The van der Waals surface area contributed by atoms with Crippen molar-refractivity contribution in [2.24, 2.45) is 5.92 Å². The van der Waals surface area contributed by atoms with Crippen LogP contribution in [0, 0.1) is 5.92 Å². The summed E-state index contributed by atoms with van der Waals surface area (Å²) in [6, 6.07) is 9.09. The SMILES string of the molecule is CN1CCC(CCNC2CC(c3cccc(Cl)c3)C2)CC1. The van der Waals surface area contributed by atoms with Gasteiger partial charge in [0, 0.05) is 11.1 Å². The molecule has 0 atom stereocenters. The Morgan fingerprint density at radius 1 is 1.24 bits per heavy atom. The maximum atomic E-state index is 6.07. The van der Waals surface area contributed by atoms with Crippen LogP contribution in [0.4, 0.5) is 0 Å². The molecule has 0 amide bonds. The molecule has 1 aliphatic heterocycles. The van der Waals surface area contributed by atoms with Crippen molar-refractivity contribution < 1.29 is 0 Å². The normalized spacial score (nSPS) is 27.5. The maximum Gasteiger partial charge on any atom is 0.0408 e. The molecule has 1 aromatic rings. The van der Waals surface area contributed by atoms with E-state index in [1.54, 1.807) is 0 Å². The van der Waals surface area contributed by atoms with Gasteiger partial charge in [0.2, 0.25) is 0 Å². The van der Waals surface area contributed by atoms with Gasteiger partial charge in [0.25, 0.3) is 0 Å². The Hall–Kier alpha value is -0.570. The van der Waals surface area contributed by atoms with E-state index in [4.69, 9.17) is 11.6 Å². The Balaban J connectivity index is 1.32. The highest BCUT2D eigenvalue weighted by atomic mass is 35.5. The van der Waals surface area contributed by atoms with Crippen molar-refractivity contribution in [3.8, 4) is 0 Å². The first-order valence-corrected chi connectivity index (χ1v) is 8.76. The molecule has 2 fully saturated rings. The van der Waals surface area contributed by atoms with E-state index >= 15 is 0 Å². The molecule has 0 radical (unpaired) electrons. The number of hydrogen-bond acceptors (Lipinski definition) is 2. The zero-order valence-electron chi connectivity index (χ0n) is 13.0. The van der Waals surface area contributed by atoms with E-state index in [-0.39, 0.29) is 0 Å². The number of likely N-dealkylation sites (tertiary alicyclic amines) is 1. The highest BCUT2D eigenvalue weighted by Crippen LogP contribution is 2.37. The third kappa shape index (κ3) is 4.21. The maximum absolute atomic E-state index is 6.07. The number of benzene rings is 1. The molecule has 2 aliphatic rings. The number of nitrogens with zero attached hydrogens (tertiary/aromatic N) is 1. The Morgan fingerprint density at radius 2 is 2.00 bits per heavy atom. The van der Waals surface area contributed by atoms with Crippen LogP contribution in [-0.4, -0.2) is 37.6 Å². The minimum Gasteiger partial charge on any atom is -0.314 e. The van der Waals surface area contributed by atoms with Crippen LogP contribution < -0.4 is 5.32 Å². The lowest BCUT2D eigenvalue weighted by Gasteiger charge is -2.37. The molecular formula is C18H27ClN2. The van der Waals surface area contributed by atoms with E-state index < -0.39 is 0 Å². The molecule has 1 saturated heterocycles. The van der Waals surface area contributed by atoms with Gasteiger partial charge in [-0.2, -0.15) is 0 Å².